The van der Waals surface area contributed by atoms with Crippen LogP contribution in [-0.2, 0) is 27.9 Å². The van der Waals surface area contributed by atoms with Gasteiger partial charge in [-0.1, -0.05) is 19.9 Å². The highest BCUT2D eigenvalue weighted by Crippen LogP contribution is 2.61. The minimum absolute atomic E-state index is 0.303. The lowest BCUT2D eigenvalue weighted by atomic mass is 9.55. The Kier molecular flexibility index (Phi) is 4.80. The van der Waals surface area contributed by atoms with E-state index in [2.05, 4.69) is 13.0 Å². The van der Waals surface area contributed by atoms with E-state index in [4.69, 9.17) is 14.1 Å². The quantitative estimate of drug-likeness (QED) is 0.846. The van der Waals surface area contributed by atoms with Crippen molar-refractivity contribution < 1.29 is 17.3 Å². The minimum atomic E-state index is -4.00. The number of methoxy groups -OCH3 is 1. The van der Waals surface area contributed by atoms with Crippen LogP contribution in [0.25, 0.3) is 0 Å². The molecule has 0 heterocycles. The summed E-state index contributed by atoms with van der Waals surface area (Å²) in [5, 5.41) is 5.11. The summed E-state index contributed by atoms with van der Waals surface area (Å²) in [4.78, 5) is 0. The van der Waals surface area contributed by atoms with Gasteiger partial charge in [0.25, 0.3) is 0 Å². The first-order chi connectivity index (χ1) is 12.8. The van der Waals surface area contributed by atoms with E-state index in [9.17, 15) is 8.42 Å². The molecule has 150 valence electrons. The molecule has 2 fully saturated rings. The molecule has 0 spiro atoms. The number of nitrogens with two attached hydrogens (primary N) is 1. The third-order valence-corrected chi connectivity index (χ3v) is 8.10. The zero-order valence-corrected chi connectivity index (χ0v) is 17.3. The van der Waals surface area contributed by atoms with Crippen LogP contribution in [0, 0.1) is 17.3 Å². The zero-order valence-electron chi connectivity index (χ0n) is 16.5. The van der Waals surface area contributed by atoms with Gasteiger partial charge in [-0.2, -0.15) is 13.6 Å². The minimum Gasteiger partial charge on any atom is -0.381 e. The molecule has 0 amide bonds. The van der Waals surface area contributed by atoms with E-state index in [-0.39, 0.29) is 0 Å². The average Bonchev–Trinajstić information content (AvgIpc) is 2.95. The van der Waals surface area contributed by atoms with Gasteiger partial charge >= 0.3 is 10.3 Å². The Morgan fingerprint density at radius 2 is 2.00 bits per heavy atom. The van der Waals surface area contributed by atoms with Gasteiger partial charge in [-0.15, -0.1) is 0 Å². The largest absolute Gasteiger partial charge is 0.381 e. The van der Waals surface area contributed by atoms with Crippen LogP contribution in [0.4, 0.5) is 0 Å². The molecule has 5 atom stereocenters. The number of aryl methyl sites for hydroxylation is 2. The fourth-order valence-electron chi connectivity index (χ4n) is 6.46. The highest BCUT2D eigenvalue weighted by Gasteiger charge is 2.55. The van der Waals surface area contributed by atoms with E-state index in [1.54, 1.807) is 0 Å². The van der Waals surface area contributed by atoms with Crippen molar-refractivity contribution in [2.45, 2.75) is 70.8 Å². The Morgan fingerprint density at radius 3 is 2.67 bits per heavy atom. The van der Waals surface area contributed by atoms with E-state index < -0.39 is 10.3 Å². The molecule has 0 radical (unpaired) electrons. The molecule has 6 heteroatoms. The second-order valence-corrected chi connectivity index (χ2v) is 10.0. The molecule has 27 heavy (non-hydrogen) atoms. The molecule has 1 aromatic rings. The number of hydrogen-bond acceptors (Lipinski definition) is 4. The number of hydrogen-bond donors (Lipinski definition) is 1. The molecule has 0 saturated heterocycles. The van der Waals surface area contributed by atoms with Crippen LogP contribution in [0.2, 0.25) is 0 Å². The van der Waals surface area contributed by atoms with Crippen LogP contribution in [0.3, 0.4) is 0 Å². The molecule has 2 N–H and O–H groups in total. The Bertz CT molecular complexity index is 837. The topological polar surface area (TPSA) is 78.6 Å². The van der Waals surface area contributed by atoms with Crippen LogP contribution >= 0.6 is 0 Å². The predicted molar refractivity (Wildman–Crippen MR) is 105 cm³/mol. The van der Waals surface area contributed by atoms with Crippen LogP contribution in [0.15, 0.2) is 12.1 Å². The van der Waals surface area contributed by atoms with Gasteiger partial charge in [0.1, 0.15) is 5.75 Å². The number of fused-ring (bicyclic) bond motifs is 5. The van der Waals surface area contributed by atoms with E-state index in [1.165, 1.54) is 36.8 Å². The van der Waals surface area contributed by atoms with Gasteiger partial charge in [-0.05, 0) is 90.9 Å². The monoisotopic (exact) mass is 393 g/mol. The lowest BCUT2D eigenvalue weighted by molar-refractivity contribution is -0.0444. The molecule has 1 aromatic carbocycles. The second kappa shape index (κ2) is 6.75. The number of rotatable bonds is 4. The Hall–Kier alpha value is -1.11. The molecule has 4 rings (SSSR count). The van der Waals surface area contributed by atoms with Crippen LogP contribution in [0.5, 0.6) is 5.75 Å². The molecule has 3 aliphatic rings. The summed E-state index contributed by atoms with van der Waals surface area (Å²) < 4.78 is 33.8. The Labute approximate surface area is 162 Å². The van der Waals surface area contributed by atoms with Crippen molar-refractivity contribution in [3.05, 3.63) is 28.8 Å². The maximum Gasteiger partial charge on any atom is 0.380 e. The average molecular weight is 394 g/mol. The highest BCUT2D eigenvalue weighted by molar-refractivity contribution is 7.84. The molecular weight excluding hydrogens is 362 g/mol. The van der Waals surface area contributed by atoms with Gasteiger partial charge in [0.15, 0.2) is 0 Å². The highest BCUT2D eigenvalue weighted by atomic mass is 32.2. The van der Waals surface area contributed by atoms with E-state index >= 15 is 0 Å². The Morgan fingerprint density at radius 1 is 1.22 bits per heavy atom. The standard InChI is InChI=1S/C21H31NO4S/c1-4-13-11-17-14(12-19(13)26-27(22,23)24)5-6-16-15(17)9-10-21(2)18(16)7-8-20(21)25-3/h11-12,15-16,18,20H,4-10H2,1-3H3,(H2,22,23,24)/t15-,16+,18-,20-,21-/m0/s1. The maximum absolute atomic E-state index is 11.4. The summed E-state index contributed by atoms with van der Waals surface area (Å²) in [5.41, 5.74) is 3.88. The smallest absolute Gasteiger partial charge is 0.380 e. The molecule has 3 aliphatic carbocycles. The van der Waals surface area contributed by atoms with Gasteiger partial charge in [0, 0.05) is 7.11 Å². The van der Waals surface area contributed by atoms with Gasteiger partial charge < -0.3 is 8.92 Å². The second-order valence-electron chi connectivity index (χ2n) is 8.85. The summed E-state index contributed by atoms with van der Waals surface area (Å²) >= 11 is 0. The van der Waals surface area contributed by atoms with E-state index in [1.807, 2.05) is 20.1 Å². The number of benzene rings is 1. The van der Waals surface area contributed by atoms with Crippen LogP contribution in [-0.4, -0.2) is 21.6 Å². The molecular formula is C21H31NO4S. The van der Waals surface area contributed by atoms with Crippen molar-refractivity contribution in [3.8, 4) is 5.75 Å². The predicted octanol–water partition coefficient (Wildman–Crippen LogP) is 3.70. The van der Waals surface area contributed by atoms with Crippen LogP contribution in [0.1, 0.15) is 68.6 Å². The fourth-order valence-corrected chi connectivity index (χ4v) is 6.87. The van der Waals surface area contributed by atoms with Gasteiger partial charge in [0.2, 0.25) is 0 Å². The van der Waals surface area contributed by atoms with Crippen molar-refractivity contribution >= 4 is 10.3 Å². The molecule has 0 aromatic heterocycles. The summed E-state index contributed by atoms with van der Waals surface area (Å²) in [6, 6.07) is 4.12. The summed E-state index contributed by atoms with van der Waals surface area (Å²) in [6.45, 7) is 4.46. The number of ether oxygens (including phenoxy) is 1. The van der Waals surface area contributed by atoms with Gasteiger partial charge in [-0.25, -0.2) is 0 Å². The van der Waals surface area contributed by atoms with Crippen molar-refractivity contribution in [3.63, 3.8) is 0 Å². The molecule has 0 bridgehead atoms. The molecule has 2 saturated carbocycles. The van der Waals surface area contributed by atoms with Crippen LogP contribution < -0.4 is 9.32 Å². The molecule has 5 nitrogen and oxygen atoms in total. The first kappa shape index (κ1) is 19.2. The summed E-state index contributed by atoms with van der Waals surface area (Å²) in [6.07, 6.45) is 8.08. The van der Waals surface area contributed by atoms with Crippen molar-refractivity contribution in [2.75, 3.05) is 7.11 Å². The fraction of sp³-hybridized carbons (Fsp3) is 0.714. The van der Waals surface area contributed by atoms with Crippen molar-refractivity contribution in [2.24, 2.45) is 22.4 Å². The molecule has 0 unspecified atom stereocenters. The van der Waals surface area contributed by atoms with E-state index in [0.29, 0.717) is 29.1 Å². The first-order valence-corrected chi connectivity index (χ1v) is 11.6. The van der Waals surface area contributed by atoms with E-state index in [0.717, 1.165) is 30.7 Å². The first-order valence-electron chi connectivity index (χ1n) is 10.2. The summed E-state index contributed by atoms with van der Waals surface area (Å²) in [7, 11) is -2.14. The van der Waals surface area contributed by atoms with Gasteiger partial charge in [0.05, 0.1) is 6.10 Å². The van der Waals surface area contributed by atoms with Gasteiger partial charge in [-0.3, -0.25) is 0 Å². The lowest BCUT2D eigenvalue weighted by Crippen LogP contribution is -2.44. The maximum atomic E-state index is 11.4. The molecule has 0 aliphatic heterocycles. The van der Waals surface area contributed by atoms with Crippen molar-refractivity contribution in [1.29, 1.82) is 0 Å². The van der Waals surface area contributed by atoms with Crippen molar-refractivity contribution in [1.82, 2.24) is 0 Å². The SMILES string of the molecule is CCc1cc2c(cc1OS(N)(=O)=O)CC[C@@H]1[C@@H]2CC[C@]2(C)[C@@H](OC)CC[C@@H]12. The Balaban J connectivity index is 1.69. The lowest BCUT2D eigenvalue weighted by Gasteiger charge is -2.50. The zero-order chi connectivity index (χ0) is 19.4. The third-order valence-electron chi connectivity index (χ3n) is 7.69. The normalized spacial score (nSPS) is 35.3. The third kappa shape index (κ3) is 3.19. The summed E-state index contributed by atoms with van der Waals surface area (Å²) in [5.74, 6) is 2.39.